The molecule has 4 heteroatoms. The molecular formula is C10H10O4. The minimum absolute atomic E-state index is 0.0524. The van der Waals surface area contributed by atoms with Crippen LogP contribution in [0.2, 0.25) is 0 Å². The topological polar surface area (TPSA) is 74.6 Å². The van der Waals surface area contributed by atoms with Crippen LogP contribution in [0, 0.1) is 0 Å². The van der Waals surface area contributed by atoms with E-state index in [0.717, 1.165) is 0 Å². The summed E-state index contributed by atoms with van der Waals surface area (Å²) in [4.78, 5) is 21.7. The third kappa shape index (κ3) is 2.32. The summed E-state index contributed by atoms with van der Waals surface area (Å²) in [6.07, 6.45) is -0.0524. The van der Waals surface area contributed by atoms with Gasteiger partial charge in [-0.15, -0.1) is 0 Å². The summed E-state index contributed by atoms with van der Waals surface area (Å²) in [5, 5.41) is 18.1. The Kier molecular flexibility index (Phi) is 2.86. The zero-order chi connectivity index (χ0) is 10.7. The molecule has 14 heavy (non-hydrogen) atoms. The van der Waals surface area contributed by atoms with Gasteiger partial charge in [-0.25, -0.2) is 0 Å². The van der Waals surface area contributed by atoms with Crippen molar-refractivity contribution in [2.24, 2.45) is 0 Å². The number of aromatic hydroxyl groups is 2. The van der Waals surface area contributed by atoms with Crippen molar-refractivity contribution in [1.82, 2.24) is 0 Å². The van der Waals surface area contributed by atoms with Crippen molar-refractivity contribution in [3.8, 4) is 11.5 Å². The highest BCUT2D eigenvalue weighted by Crippen LogP contribution is 2.24. The predicted octanol–water partition coefficient (Wildman–Crippen LogP) is 0.798. The fourth-order valence-corrected chi connectivity index (χ4v) is 0.989. The Bertz CT molecular complexity index is 382. The molecule has 0 aliphatic heterocycles. The molecule has 0 aliphatic rings. The lowest BCUT2D eigenvalue weighted by molar-refractivity contribution is -0.134. The molecule has 0 radical (unpaired) electrons. The second-order valence-corrected chi connectivity index (χ2v) is 2.98. The van der Waals surface area contributed by atoms with Gasteiger partial charge in [-0.3, -0.25) is 9.59 Å². The molecule has 0 bridgehead atoms. The molecule has 0 amide bonds. The SMILES string of the molecule is CC(=O)C(=O)Cc1ccc(O)c(O)c1. The van der Waals surface area contributed by atoms with Crippen molar-refractivity contribution < 1.29 is 19.8 Å². The van der Waals surface area contributed by atoms with Crippen LogP contribution in [-0.4, -0.2) is 21.8 Å². The third-order valence-corrected chi connectivity index (χ3v) is 1.80. The lowest BCUT2D eigenvalue weighted by atomic mass is 10.1. The van der Waals surface area contributed by atoms with E-state index in [0.29, 0.717) is 5.56 Å². The first-order chi connectivity index (χ1) is 6.50. The molecule has 0 heterocycles. The van der Waals surface area contributed by atoms with Gasteiger partial charge in [-0.1, -0.05) is 6.07 Å². The smallest absolute Gasteiger partial charge is 0.202 e. The lowest BCUT2D eigenvalue weighted by Crippen LogP contribution is -2.12. The first-order valence-corrected chi connectivity index (χ1v) is 4.05. The van der Waals surface area contributed by atoms with Gasteiger partial charge in [-0.2, -0.15) is 0 Å². The van der Waals surface area contributed by atoms with Crippen LogP contribution in [0.1, 0.15) is 12.5 Å². The van der Waals surface area contributed by atoms with Gasteiger partial charge >= 0.3 is 0 Å². The fraction of sp³-hybridized carbons (Fsp3) is 0.200. The summed E-state index contributed by atoms with van der Waals surface area (Å²) in [6, 6.07) is 4.02. The molecule has 74 valence electrons. The molecule has 0 aromatic heterocycles. The normalized spacial score (nSPS) is 9.79. The summed E-state index contributed by atoms with van der Waals surface area (Å²) in [6.45, 7) is 1.20. The van der Waals surface area contributed by atoms with Gasteiger partial charge < -0.3 is 10.2 Å². The van der Waals surface area contributed by atoms with Crippen LogP contribution in [0.4, 0.5) is 0 Å². The van der Waals surface area contributed by atoms with Gasteiger partial charge in [0.1, 0.15) is 0 Å². The number of hydrogen-bond acceptors (Lipinski definition) is 4. The number of benzene rings is 1. The Labute approximate surface area is 80.8 Å². The number of Topliss-reactive ketones (excluding diaryl/α,β-unsaturated/α-hetero) is 2. The van der Waals surface area contributed by atoms with E-state index in [-0.39, 0.29) is 17.9 Å². The first-order valence-electron chi connectivity index (χ1n) is 4.05. The average molecular weight is 194 g/mol. The van der Waals surface area contributed by atoms with Crippen LogP contribution in [0.25, 0.3) is 0 Å². The highest BCUT2D eigenvalue weighted by atomic mass is 16.3. The summed E-state index contributed by atoms with van der Waals surface area (Å²) in [5.41, 5.74) is 0.500. The van der Waals surface area contributed by atoms with E-state index in [2.05, 4.69) is 0 Å². The number of carbonyl (C=O) groups is 2. The van der Waals surface area contributed by atoms with Crippen molar-refractivity contribution >= 4 is 11.6 Å². The number of ketones is 2. The number of hydrogen-bond donors (Lipinski definition) is 2. The van der Waals surface area contributed by atoms with E-state index in [1.54, 1.807) is 0 Å². The maximum Gasteiger partial charge on any atom is 0.202 e. The van der Waals surface area contributed by atoms with Crippen LogP contribution in [0.5, 0.6) is 11.5 Å². The maximum atomic E-state index is 11.0. The molecule has 1 aromatic rings. The minimum Gasteiger partial charge on any atom is -0.504 e. The first kappa shape index (κ1) is 10.2. The van der Waals surface area contributed by atoms with E-state index in [9.17, 15) is 9.59 Å². The zero-order valence-corrected chi connectivity index (χ0v) is 7.65. The monoisotopic (exact) mass is 194 g/mol. The van der Waals surface area contributed by atoms with Gasteiger partial charge in [0.15, 0.2) is 17.3 Å². The van der Waals surface area contributed by atoms with Gasteiger partial charge in [0.05, 0.1) is 0 Å². The zero-order valence-electron chi connectivity index (χ0n) is 7.65. The molecular weight excluding hydrogens is 184 g/mol. The van der Waals surface area contributed by atoms with Crippen LogP contribution in [-0.2, 0) is 16.0 Å². The molecule has 0 saturated carbocycles. The molecule has 1 rings (SSSR count). The van der Waals surface area contributed by atoms with Crippen molar-refractivity contribution in [2.45, 2.75) is 13.3 Å². The molecule has 0 spiro atoms. The van der Waals surface area contributed by atoms with Crippen molar-refractivity contribution in [1.29, 1.82) is 0 Å². The number of carbonyl (C=O) groups excluding carboxylic acids is 2. The molecule has 0 fully saturated rings. The van der Waals surface area contributed by atoms with Crippen LogP contribution >= 0.6 is 0 Å². The lowest BCUT2D eigenvalue weighted by Gasteiger charge is -2.01. The fourth-order valence-electron chi connectivity index (χ4n) is 0.989. The van der Waals surface area contributed by atoms with Gasteiger partial charge in [0.2, 0.25) is 5.78 Å². The van der Waals surface area contributed by atoms with Crippen LogP contribution < -0.4 is 0 Å². The Morgan fingerprint density at radius 1 is 1.21 bits per heavy atom. The summed E-state index contributed by atoms with van der Waals surface area (Å²) in [7, 11) is 0. The van der Waals surface area contributed by atoms with Gasteiger partial charge in [0.25, 0.3) is 0 Å². The van der Waals surface area contributed by atoms with E-state index < -0.39 is 11.6 Å². The van der Waals surface area contributed by atoms with E-state index in [1.165, 1.54) is 25.1 Å². The van der Waals surface area contributed by atoms with E-state index in [1.807, 2.05) is 0 Å². The summed E-state index contributed by atoms with van der Waals surface area (Å²) >= 11 is 0. The summed E-state index contributed by atoms with van der Waals surface area (Å²) in [5.74, 6) is -1.57. The molecule has 0 saturated heterocycles. The minimum atomic E-state index is -0.518. The standard InChI is InChI=1S/C10H10O4/c1-6(11)9(13)4-7-2-3-8(12)10(14)5-7/h2-3,5,12,14H,4H2,1H3. The quantitative estimate of drug-likeness (QED) is 0.551. The van der Waals surface area contributed by atoms with Crippen LogP contribution in [0.15, 0.2) is 18.2 Å². The molecule has 0 atom stereocenters. The molecule has 4 nitrogen and oxygen atoms in total. The largest absolute Gasteiger partial charge is 0.504 e. The Morgan fingerprint density at radius 2 is 1.86 bits per heavy atom. The van der Waals surface area contributed by atoms with E-state index in [4.69, 9.17) is 10.2 Å². The second-order valence-electron chi connectivity index (χ2n) is 2.98. The number of phenolic OH excluding ortho intramolecular Hbond substituents is 2. The maximum absolute atomic E-state index is 11.0. The van der Waals surface area contributed by atoms with Crippen molar-refractivity contribution in [2.75, 3.05) is 0 Å². The number of phenols is 2. The van der Waals surface area contributed by atoms with Gasteiger partial charge in [-0.05, 0) is 17.7 Å². The highest BCUT2D eigenvalue weighted by molar-refractivity contribution is 6.36. The molecule has 0 aliphatic carbocycles. The van der Waals surface area contributed by atoms with Gasteiger partial charge in [0, 0.05) is 13.3 Å². The van der Waals surface area contributed by atoms with Crippen molar-refractivity contribution in [3.05, 3.63) is 23.8 Å². The average Bonchev–Trinajstić information content (AvgIpc) is 2.11. The summed E-state index contributed by atoms with van der Waals surface area (Å²) < 4.78 is 0. The molecule has 2 N–H and O–H groups in total. The second kappa shape index (κ2) is 3.91. The molecule has 1 aromatic carbocycles. The van der Waals surface area contributed by atoms with Crippen LogP contribution in [0.3, 0.4) is 0 Å². The Balaban J connectivity index is 2.83. The Hall–Kier alpha value is -1.84. The Morgan fingerprint density at radius 3 is 2.36 bits per heavy atom. The number of rotatable bonds is 3. The predicted molar refractivity (Wildman–Crippen MR) is 49.2 cm³/mol. The third-order valence-electron chi connectivity index (χ3n) is 1.80. The highest BCUT2D eigenvalue weighted by Gasteiger charge is 2.09. The van der Waals surface area contributed by atoms with Crippen molar-refractivity contribution in [3.63, 3.8) is 0 Å². The molecule has 0 unspecified atom stereocenters. The van der Waals surface area contributed by atoms with E-state index >= 15 is 0 Å².